The second kappa shape index (κ2) is 7.64. The highest BCUT2D eigenvalue weighted by molar-refractivity contribution is 5.77. The third-order valence-electron chi connectivity index (χ3n) is 5.41. The first-order chi connectivity index (χ1) is 13.1. The number of nitrogens with zero attached hydrogens (tertiary/aromatic N) is 5. The number of hydrogen-bond donors (Lipinski definition) is 0. The van der Waals surface area contributed by atoms with Crippen LogP contribution in [0.25, 0.3) is 0 Å². The molecule has 1 saturated heterocycles. The van der Waals surface area contributed by atoms with Crippen molar-refractivity contribution >= 4 is 5.91 Å². The Bertz CT molecular complexity index is 824. The van der Waals surface area contributed by atoms with Crippen LogP contribution < -0.4 is 4.74 Å². The first kappa shape index (κ1) is 17.9. The number of benzene rings is 1. The molecule has 0 saturated carbocycles. The molecule has 0 spiro atoms. The molecule has 3 heterocycles. The SMILES string of the molecule is CN1CCC[C@H]1c1nnc2n1CCN(C(=O)COc1ccccc1F)CC2. The molecule has 1 aromatic carbocycles. The molecule has 1 fully saturated rings. The maximum absolute atomic E-state index is 13.6. The van der Waals surface area contributed by atoms with E-state index in [0.717, 1.165) is 24.6 Å². The third-order valence-corrected chi connectivity index (χ3v) is 5.41. The molecule has 4 rings (SSSR count). The molecule has 0 unspecified atom stereocenters. The minimum Gasteiger partial charge on any atom is -0.481 e. The van der Waals surface area contributed by atoms with E-state index in [1.165, 1.54) is 18.6 Å². The fraction of sp³-hybridized carbons (Fsp3) is 0.526. The summed E-state index contributed by atoms with van der Waals surface area (Å²) in [6, 6.07) is 6.42. The second-order valence-electron chi connectivity index (χ2n) is 7.11. The van der Waals surface area contributed by atoms with Gasteiger partial charge in [0.25, 0.3) is 5.91 Å². The lowest BCUT2D eigenvalue weighted by molar-refractivity contribution is -0.133. The van der Waals surface area contributed by atoms with Crippen LogP contribution in [0.4, 0.5) is 4.39 Å². The van der Waals surface area contributed by atoms with Gasteiger partial charge in [-0.05, 0) is 38.6 Å². The van der Waals surface area contributed by atoms with Gasteiger partial charge in [0.15, 0.2) is 18.2 Å². The van der Waals surface area contributed by atoms with E-state index in [1.54, 1.807) is 17.0 Å². The van der Waals surface area contributed by atoms with Crippen molar-refractivity contribution in [2.45, 2.75) is 31.8 Å². The van der Waals surface area contributed by atoms with Crippen LogP contribution in [0.15, 0.2) is 24.3 Å². The van der Waals surface area contributed by atoms with Gasteiger partial charge in [-0.15, -0.1) is 10.2 Å². The molecule has 0 radical (unpaired) electrons. The average molecular weight is 373 g/mol. The number of aromatic nitrogens is 3. The maximum atomic E-state index is 13.6. The van der Waals surface area contributed by atoms with Crippen molar-refractivity contribution in [1.82, 2.24) is 24.6 Å². The lowest BCUT2D eigenvalue weighted by Crippen LogP contribution is -2.37. The zero-order valence-corrected chi connectivity index (χ0v) is 15.5. The summed E-state index contributed by atoms with van der Waals surface area (Å²) >= 11 is 0. The van der Waals surface area contributed by atoms with Gasteiger partial charge < -0.3 is 14.2 Å². The molecular formula is C19H24FN5O2. The van der Waals surface area contributed by atoms with Crippen LogP contribution in [0.3, 0.4) is 0 Å². The summed E-state index contributed by atoms with van der Waals surface area (Å²) in [4.78, 5) is 16.6. The van der Waals surface area contributed by atoms with Crippen LogP contribution in [0.1, 0.15) is 30.5 Å². The number of fused-ring (bicyclic) bond motifs is 1. The number of halogens is 1. The Balaban J connectivity index is 1.39. The van der Waals surface area contributed by atoms with Crippen molar-refractivity contribution in [2.75, 3.05) is 33.3 Å². The number of carbonyl (C=O) groups excluding carboxylic acids is 1. The summed E-state index contributed by atoms with van der Waals surface area (Å²) in [5, 5.41) is 8.79. The lowest BCUT2D eigenvalue weighted by atomic mass is 10.2. The van der Waals surface area contributed by atoms with E-state index in [-0.39, 0.29) is 18.3 Å². The zero-order valence-electron chi connectivity index (χ0n) is 15.5. The summed E-state index contributed by atoms with van der Waals surface area (Å²) in [5.41, 5.74) is 0. The lowest BCUT2D eigenvalue weighted by Gasteiger charge is -2.22. The molecule has 2 aliphatic rings. The van der Waals surface area contributed by atoms with E-state index in [2.05, 4.69) is 26.7 Å². The quantitative estimate of drug-likeness (QED) is 0.815. The number of para-hydroxylation sites is 1. The predicted molar refractivity (Wildman–Crippen MR) is 96.8 cm³/mol. The van der Waals surface area contributed by atoms with Gasteiger partial charge in [0.05, 0.1) is 6.04 Å². The molecule has 0 bridgehead atoms. The molecule has 0 N–H and O–H groups in total. The number of amides is 1. The van der Waals surface area contributed by atoms with Crippen molar-refractivity contribution in [2.24, 2.45) is 0 Å². The first-order valence-electron chi connectivity index (χ1n) is 9.41. The molecule has 0 aliphatic carbocycles. The second-order valence-corrected chi connectivity index (χ2v) is 7.11. The monoisotopic (exact) mass is 373 g/mol. The van der Waals surface area contributed by atoms with E-state index in [1.807, 2.05) is 0 Å². The van der Waals surface area contributed by atoms with Gasteiger partial charge in [0.2, 0.25) is 0 Å². The minimum absolute atomic E-state index is 0.101. The van der Waals surface area contributed by atoms with Gasteiger partial charge in [0.1, 0.15) is 11.6 Å². The van der Waals surface area contributed by atoms with Gasteiger partial charge in [-0.1, -0.05) is 12.1 Å². The standard InChI is InChI=1S/C19H24FN5O2/c1-23-9-4-6-15(23)19-22-21-17-8-10-24(11-12-25(17)19)18(26)13-27-16-7-3-2-5-14(16)20/h2-3,5,7,15H,4,6,8-13H2,1H3/t15-/m0/s1. The highest BCUT2D eigenvalue weighted by atomic mass is 19.1. The molecule has 2 aliphatic heterocycles. The maximum Gasteiger partial charge on any atom is 0.260 e. The fourth-order valence-electron chi connectivity index (χ4n) is 3.87. The predicted octanol–water partition coefficient (Wildman–Crippen LogP) is 1.65. The Labute approximate surface area is 157 Å². The van der Waals surface area contributed by atoms with Gasteiger partial charge in [-0.3, -0.25) is 9.69 Å². The highest BCUT2D eigenvalue weighted by Crippen LogP contribution is 2.30. The summed E-state index contributed by atoms with van der Waals surface area (Å²) in [6.07, 6.45) is 2.92. The van der Waals surface area contributed by atoms with Crippen molar-refractivity contribution in [1.29, 1.82) is 0 Å². The number of hydrogen-bond acceptors (Lipinski definition) is 5. The zero-order chi connectivity index (χ0) is 18.8. The molecule has 144 valence electrons. The molecule has 27 heavy (non-hydrogen) atoms. The number of rotatable bonds is 4. The van der Waals surface area contributed by atoms with Crippen LogP contribution in [0.2, 0.25) is 0 Å². The Kier molecular flexibility index (Phi) is 5.07. The van der Waals surface area contributed by atoms with Crippen LogP contribution in [-0.2, 0) is 17.8 Å². The van der Waals surface area contributed by atoms with Gasteiger partial charge in [0, 0.05) is 26.1 Å². The van der Waals surface area contributed by atoms with E-state index in [4.69, 9.17) is 4.74 Å². The highest BCUT2D eigenvalue weighted by Gasteiger charge is 2.30. The number of ether oxygens (including phenoxy) is 1. The Morgan fingerprint density at radius 3 is 2.85 bits per heavy atom. The van der Waals surface area contributed by atoms with E-state index in [9.17, 15) is 9.18 Å². The summed E-state index contributed by atoms with van der Waals surface area (Å²) < 4.78 is 21.2. The largest absolute Gasteiger partial charge is 0.481 e. The summed E-state index contributed by atoms with van der Waals surface area (Å²) in [6.45, 7) is 2.73. The Morgan fingerprint density at radius 2 is 2.07 bits per heavy atom. The Hall–Kier alpha value is -2.48. The van der Waals surface area contributed by atoms with E-state index >= 15 is 0 Å². The molecule has 2 aromatic rings. The molecule has 1 atom stereocenters. The topological polar surface area (TPSA) is 63.5 Å². The number of carbonyl (C=O) groups is 1. The minimum atomic E-state index is -0.460. The fourth-order valence-corrected chi connectivity index (χ4v) is 3.87. The third kappa shape index (κ3) is 3.66. The summed E-state index contributed by atoms with van der Waals surface area (Å²) in [7, 11) is 2.12. The number of likely N-dealkylation sites (tertiary alicyclic amines) is 1. The molecule has 8 heteroatoms. The van der Waals surface area contributed by atoms with Crippen molar-refractivity contribution < 1.29 is 13.9 Å². The van der Waals surface area contributed by atoms with Crippen LogP contribution in [0, 0.1) is 5.82 Å². The van der Waals surface area contributed by atoms with Gasteiger partial charge in [-0.2, -0.15) is 0 Å². The van der Waals surface area contributed by atoms with Crippen LogP contribution in [-0.4, -0.2) is 63.8 Å². The van der Waals surface area contributed by atoms with Gasteiger partial charge >= 0.3 is 0 Å². The van der Waals surface area contributed by atoms with Crippen molar-refractivity contribution in [3.05, 3.63) is 41.7 Å². The molecule has 1 aromatic heterocycles. The molecule has 7 nitrogen and oxygen atoms in total. The van der Waals surface area contributed by atoms with Crippen molar-refractivity contribution in [3.63, 3.8) is 0 Å². The molecular weight excluding hydrogens is 349 g/mol. The van der Waals surface area contributed by atoms with Crippen molar-refractivity contribution in [3.8, 4) is 5.75 Å². The van der Waals surface area contributed by atoms with Crippen LogP contribution >= 0.6 is 0 Å². The van der Waals surface area contributed by atoms with E-state index in [0.29, 0.717) is 32.1 Å². The first-order valence-corrected chi connectivity index (χ1v) is 9.41. The normalized spacial score (nSPS) is 20.4. The van der Waals surface area contributed by atoms with Gasteiger partial charge in [-0.25, -0.2) is 4.39 Å². The smallest absolute Gasteiger partial charge is 0.260 e. The van der Waals surface area contributed by atoms with E-state index < -0.39 is 5.82 Å². The summed E-state index contributed by atoms with van der Waals surface area (Å²) in [5.74, 6) is 1.43. The molecule has 1 amide bonds. The van der Waals surface area contributed by atoms with Crippen LogP contribution in [0.5, 0.6) is 5.75 Å². The average Bonchev–Trinajstić information content (AvgIpc) is 3.20. The Morgan fingerprint density at radius 1 is 1.22 bits per heavy atom.